The summed E-state index contributed by atoms with van der Waals surface area (Å²) in [7, 11) is 1.80. The first kappa shape index (κ1) is 17.1. The van der Waals surface area contributed by atoms with Gasteiger partial charge in [-0.1, -0.05) is 31.2 Å². The summed E-state index contributed by atoms with van der Waals surface area (Å²) in [6, 6.07) is 4.87. The number of aromatic carboxylic acids is 1. The van der Waals surface area contributed by atoms with E-state index in [-0.39, 0.29) is 5.56 Å². The van der Waals surface area contributed by atoms with Gasteiger partial charge in [0.1, 0.15) is 0 Å². The molecule has 1 rings (SSSR count). The summed E-state index contributed by atoms with van der Waals surface area (Å²) in [5.41, 5.74) is 9.08. The highest BCUT2D eigenvalue weighted by Gasteiger charge is 2.07. The Kier molecular flexibility index (Phi) is 5.59. The number of nitrogens with two attached hydrogens (primary N) is 1. The predicted molar refractivity (Wildman–Crippen MR) is 89.0 cm³/mol. The van der Waals surface area contributed by atoms with Gasteiger partial charge in [0.05, 0.1) is 17.0 Å². The number of allylic oxidation sites excluding steroid dienone is 2. The van der Waals surface area contributed by atoms with Gasteiger partial charge in [-0.25, -0.2) is 4.79 Å². The molecule has 0 saturated heterocycles. The van der Waals surface area contributed by atoms with Crippen molar-refractivity contribution in [2.24, 2.45) is 5.73 Å². The van der Waals surface area contributed by atoms with Crippen molar-refractivity contribution in [1.29, 1.82) is 0 Å². The molecular formula is C18H20N2O2. The van der Waals surface area contributed by atoms with Gasteiger partial charge in [0.15, 0.2) is 0 Å². The van der Waals surface area contributed by atoms with Crippen LogP contribution in [0.5, 0.6) is 0 Å². The van der Waals surface area contributed by atoms with Crippen LogP contribution in [0.3, 0.4) is 0 Å². The number of likely N-dealkylation sites (N-methyl/N-ethyl adjacent to an activating group) is 1. The van der Waals surface area contributed by atoms with Crippen molar-refractivity contribution in [2.45, 2.75) is 13.8 Å². The fraction of sp³-hybridized carbons (Fsp3) is 0.167. The molecule has 0 aliphatic rings. The second-order valence-corrected chi connectivity index (χ2v) is 4.79. The first-order valence-electron chi connectivity index (χ1n) is 6.67. The largest absolute Gasteiger partial charge is 0.478 e. The fourth-order valence-corrected chi connectivity index (χ4v) is 1.73. The topological polar surface area (TPSA) is 66.6 Å². The molecule has 0 radical (unpaired) electrons. The minimum absolute atomic E-state index is 0.213. The van der Waals surface area contributed by atoms with Crippen molar-refractivity contribution in [3.63, 3.8) is 0 Å². The molecule has 0 fully saturated rings. The third-order valence-electron chi connectivity index (χ3n) is 3.22. The van der Waals surface area contributed by atoms with Crippen molar-refractivity contribution >= 4 is 5.97 Å². The molecule has 0 saturated carbocycles. The number of hydrogen-bond donors (Lipinski definition) is 2. The van der Waals surface area contributed by atoms with Crippen molar-refractivity contribution < 1.29 is 9.90 Å². The van der Waals surface area contributed by atoms with Gasteiger partial charge in [-0.15, -0.1) is 0 Å². The lowest BCUT2D eigenvalue weighted by atomic mass is 10.1. The maximum Gasteiger partial charge on any atom is 0.335 e. The first-order chi connectivity index (χ1) is 10.3. The molecule has 4 nitrogen and oxygen atoms in total. The van der Waals surface area contributed by atoms with Crippen LogP contribution in [-0.4, -0.2) is 23.0 Å². The lowest BCUT2D eigenvalue weighted by molar-refractivity contribution is 0.0697. The fourth-order valence-electron chi connectivity index (χ4n) is 1.73. The van der Waals surface area contributed by atoms with Crippen LogP contribution in [0, 0.1) is 18.8 Å². The second kappa shape index (κ2) is 7.19. The highest BCUT2D eigenvalue weighted by Crippen LogP contribution is 2.13. The van der Waals surface area contributed by atoms with Gasteiger partial charge in [0.25, 0.3) is 0 Å². The highest BCUT2D eigenvalue weighted by molar-refractivity contribution is 5.88. The van der Waals surface area contributed by atoms with Gasteiger partial charge in [-0.3, -0.25) is 0 Å². The van der Waals surface area contributed by atoms with Gasteiger partial charge < -0.3 is 15.7 Å². The number of hydrogen-bond acceptors (Lipinski definition) is 3. The van der Waals surface area contributed by atoms with E-state index < -0.39 is 5.97 Å². The summed E-state index contributed by atoms with van der Waals surface area (Å²) in [5, 5.41) is 9.04. The quantitative estimate of drug-likeness (QED) is 0.662. The number of carbonyl (C=O) groups is 1. The molecule has 3 N–H and O–H groups in total. The van der Waals surface area contributed by atoms with E-state index in [1.165, 1.54) is 0 Å². The number of carboxylic acids is 1. The summed E-state index contributed by atoms with van der Waals surface area (Å²) in [6.07, 6.45) is 1.83. The number of rotatable bonds is 4. The Morgan fingerprint density at radius 1 is 1.41 bits per heavy atom. The van der Waals surface area contributed by atoms with E-state index >= 15 is 0 Å². The maximum absolute atomic E-state index is 11.0. The summed E-state index contributed by atoms with van der Waals surface area (Å²) >= 11 is 0. The van der Waals surface area contributed by atoms with Crippen LogP contribution in [0.2, 0.25) is 0 Å². The van der Waals surface area contributed by atoms with E-state index in [9.17, 15) is 4.79 Å². The number of carboxylic acid groups (broad SMARTS) is 1. The molecule has 0 atom stereocenters. The second-order valence-electron chi connectivity index (χ2n) is 4.79. The van der Waals surface area contributed by atoms with Crippen molar-refractivity contribution in [3.8, 4) is 11.8 Å². The molecule has 0 heterocycles. The van der Waals surface area contributed by atoms with E-state index in [2.05, 4.69) is 25.0 Å². The molecule has 0 aromatic heterocycles. The normalized spacial score (nSPS) is 10.4. The Morgan fingerprint density at radius 3 is 2.55 bits per heavy atom. The molecule has 0 amide bonds. The Balaban J connectivity index is 3.16. The molecule has 0 aliphatic heterocycles. The average Bonchev–Trinajstić information content (AvgIpc) is 2.47. The van der Waals surface area contributed by atoms with E-state index in [0.29, 0.717) is 22.7 Å². The van der Waals surface area contributed by atoms with Crippen LogP contribution >= 0.6 is 0 Å². The smallest absolute Gasteiger partial charge is 0.335 e. The summed E-state index contributed by atoms with van der Waals surface area (Å²) in [6.45, 7) is 11.2. The van der Waals surface area contributed by atoms with Crippen LogP contribution in [0.1, 0.15) is 28.4 Å². The van der Waals surface area contributed by atoms with E-state index in [4.69, 9.17) is 10.8 Å². The van der Waals surface area contributed by atoms with Crippen molar-refractivity contribution in [2.75, 3.05) is 7.05 Å². The number of nitrogens with zero attached hydrogens (tertiary/aromatic N) is 1. The molecule has 0 bridgehead atoms. The van der Waals surface area contributed by atoms with E-state index in [0.717, 1.165) is 5.56 Å². The van der Waals surface area contributed by atoms with E-state index in [1.807, 2.05) is 19.9 Å². The molecule has 1 aromatic carbocycles. The molecular weight excluding hydrogens is 276 g/mol. The predicted octanol–water partition coefficient (Wildman–Crippen LogP) is 2.87. The van der Waals surface area contributed by atoms with Crippen molar-refractivity contribution in [1.82, 2.24) is 4.90 Å². The standard InChI is InChI=1S/C18H20N2O2/c1-6-17(20(5)14(4)13(3)19)10-9-15-11-16(18(21)22)8-7-12(15)2/h6-8,11H,3-4,19H2,1-2,5H3,(H,21,22)/b17-6-. The maximum atomic E-state index is 11.0. The summed E-state index contributed by atoms with van der Waals surface area (Å²) in [5.74, 6) is 5.04. The first-order valence-corrected chi connectivity index (χ1v) is 6.67. The molecule has 22 heavy (non-hydrogen) atoms. The average molecular weight is 296 g/mol. The zero-order valence-corrected chi connectivity index (χ0v) is 13.1. The molecule has 0 aliphatic carbocycles. The Labute approximate surface area is 131 Å². The van der Waals surface area contributed by atoms with Crippen LogP contribution < -0.4 is 5.73 Å². The zero-order valence-electron chi connectivity index (χ0n) is 13.1. The Hall–Kier alpha value is -2.93. The molecule has 4 heteroatoms. The van der Waals surface area contributed by atoms with Gasteiger partial charge in [-0.05, 0) is 37.5 Å². The molecule has 0 unspecified atom stereocenters. The van der Waals surface area contributed by atoms with Crippen LogP contribution in [0.4, 0.5) is 0 Å². The Bertz CT molecular complexity index is 718. The van der Waals surface area contributed by atoms with Gasteiger partial charge in [0.2, 0.25) is 0 Å². The summed E-state index contributed by atoms with van der Waals surface area (Å²) < 4.78 is 0. The lowest BCUT2D eigenvalue weighted by Gasteiger charge is -2.21. The van der Waals surface area contributed by atoms with Gasteiger partial charge >= 0.3 is 5.97 Å². The third kappa shape index (κ3) is 4.03. The molecule has 114 valence electrons. The minimum Gasteiger partial charge on any atom is -0.478 e. The molecule has 1 aromatic rings. The van der Waals surface area contributed by atoms with Crippen LogP contribution in [0.15, 0.2) is 54.5 Å². The van der Waals surface area contributed by atoms with Crippen LogP contribution in [0.25, 0.3) is 0 Å². The minimum atomic E-state index is -0.973. The van der Waals surface area contributed by atoms with E-state index in [1.54, 1.807) is 30.1 Å². The summed E-state index contributed by atoms with van der Waals surface area (Å²) in [4.78, 5) is 12.8. The monoisotopic (exact) mass is 296 g/mol. The third-order valence-corrected chi connectivity index (χ3v) is 3.22. The van der Waals surface area contributed by atoms with Gasteiger partial charge in [-0.2, -0.15) is 0 Å². The van der Waals surface area contributed by atoms with Crippen LogP contribution in [-0.2, 0) is 0 Å². The number of aryl methyl sites for hydroxylation is 1. The SMILES string of the molecule is C=C(N)C(=C)N(C)/C(C#Cc1cc(C(=O)O)ccc1C)=C\C. The lowest BCUT2D eigenvalue weighted by Crippen LogP contribution is -2.19. The zero-order chi connectivity index (χ0) is 16.9. The van der Waals surface area contributed by atoms with Gasteiger partial charge in [0, 0.05) is 18.3 Å². The van der Waals surface area contributed by atoms with Crippen molar-refractivity contribution in [3.05, 3.63) is 71.2 Å². The molecule has 0 spiro atoms. The highest BCUT2D eigenvalue weighted by atomic mass is 16.4. The Morgan fingerprint density at radius 2 is 2.05 bits per heavy atom. The number of benzene rings is 1.